The van der Waals surface area contributed by atoms with E-state index in [4.69, 9.17) is 9.47 Å². The van der Waals surface area contributed by atoms with Gasteiger partial charge in [-0.1, -0.05) is 19.9 Å². The van der Waals surface area contributed by atoms with Gasteiger partial charge in [0.2, 0.25) is 0 Å². The summed E-state index contributed by atoms with van der Waals surface area (Å²) < 4.78 is 11.6. The normalized spacial score (nSPS) is 25.6. The topological polar surface area (TPSA) is 76.1 Å². The molecule has 148 valence electrons. The molecule has 1 heterocycles. The molecule has 2 aliphatic rings. The number of amides is 1. The summed E-state index contributed by atoms with van der Waals surface area (Å²) in [6.45, 7) is 4.25. The zero-order valence-corrected chi connectivity index (χ0v) is 16.4. The van der Waals surface area contributed by atoms with Crippen LogP contribution in [0.25, 0.3) is 0 Å². The lowest BCUT2D eigenvalue weighted by molar-refractivity contribution is -0.127. The summed E-state index contributed by atoms with van der Waals surface area (Å²) in [6, 6.07) is 5.73. The number of benzene rings is 1. The second-order valence-corrected chi connectivity index (χ2v) is 7.84. The number of carbonyl (C=O) groups is 2. The maximum atomic E-state index is 12.7. The van der Waals surface area contributed by atoms with E-state index in [9.17, 15) is 14.7 Å². The van der Waals surface area contributed by atoms with E-state index in [1.54, 1.807) is 7.11 Å². The van der Waals surface area contributed by atoms with Crippen molar-refractivity contribution in [1.29, 1.82) is 0 Å². The van der Waals surface area contributed by atoms with Crippen LogP contribution in [-0.2, 0) is 4.79 Å². The van der Waals surface area contributed by atoms with Crippen molar-refractivity contribution in [2.45, 2.75) is 58.0 Å². The Morgan fingerprint density at radius 3 is 2.56 bits per heavy atom. The largest absolute Gasteiger partial charge is 0.493 e. The van der Waals surface area contributed by atoms with Crippen molar-refractivity contribution in [3.63, 3.8) is 0 Å². The van der Waals surface area contributed by atoms with E-state index in [-0.39, 0.29) is 24.3 Å². The lowest BCUT2D eigenvalue weighted by Gasteiger charge is -2.29. The zero-order valence-electron chi connectivity index (χ0n) is 16.4. The second-order valence-electron chi connectivity index (χ2n) is 7.84. The number of ketones is 1. The molecule has 1 aromatic rings. The van der Waals surface area contributed by atoms with Crippen LogP contribution >= 0.6 is 0 Å². The van der Waals surface area contributed by atoms with Crippen LogP contribution in [-0.4, -0.2) is 48.2 Å². The van der Waals surface area contributed by atoms with Gasteiger partial charge in [0.15, 0.2) is 11.5 Å². The molecular weight excluding hydrogens is 346 g/mol. The highest BCUT2D eigenvalue weighted by Gasteiger charge is 2.49. The van der Waals surface area contributed by atoms with Crippen molar-refractivity contribution >= 4 is 11.9 Å². The number of rotatable bonds is 6. The molecule has 1 N–H and O–H groups in total. The Morgan fingerprint density at radius 1 is 1.26 bits per heavy atom. The summed E-state index contributed by atoms with van der Waals surface area (Å²) in [7, 11) is 1.61. The van der Waals surface area contributed by atoms with Crippen LogP contribution in [0.1, 0.15) is 57.4 Å². The number of carbonyl (C=O) groups excluding carboxylic acids is 1. The van der Waals surface area contributed by atoms with Gasteiger partial charge in [0.05, 0.1) is 18.6 Å². The summed E-state index contributed by atoms with van der Waals surface area (Å²) in [5.41, 5.74) is 0.198. The molecule has 6 nitrogen and oxygen atoms in total. The van der Waals surface area contributed by atoms with E-state index in [2.05, 4.69) is 0 Å². The Hall–Kier alpha value is -2.24. The van der Waals surface area contributed by atoms with Crippen LogP contribution < -0.4 is 9.47 Å². The summed E-state index contributed by atoms with van der Waals surface area (Å²) >= 11 is 0. The molecule has 0 aromatic heterocycles. The van der Waals surface area contributed by atoms with Crippen molar-refractivity contribution in [2.24, 2.45) is 5.41 Å². The molecule has 3 rings (SSSR count). The van der Waals surface area contributed by atoms with E-state index < -0.39 is 11.5 Å². The number of hydrogen-bond donors (Lipinski definition) is 1. The molecule has 2 unspecified atom stereocenters. The maximum Gasteiger partial charge on any atom is 0.407 e. The average Bonchev–Trinajstić information content (AvgIpc) is 3.29. The van der Waals surface area contributed by atoms with Gasteiger partial charge in [-0.2, -0.15) is 0 Å². The van der Waals surface area contributed by atoms with Crippen molar-refractivity contribution in [2.75, 3.05) is 20.2 Å². The Balaban J connectivity index is 1.94. The van der Waals surface area contributed by atoms with Crippen LogP contribution in [0.2, 0.25) is 0 Å². The number of ether oxygens (including phenoxy) is 2. The summed E-state index contributed by atoms with van der Waals surface area (Å²) in [4.78, 5) is 25.6. The highest BCUT2D eigenvalue weighted by molar-refractivity contribution is 5.87. The van der Waals surface area contributed by atoms with Gasteiger partial charge in [0, 0.05) is 25.4 Å². The molecule has 0 bridgehead atoms. The summed E-state index contributed by atoms with van der Waals surface area (Å²) in [6.07, 6.45) is 4.02. The molecule has 2 fully saturated rings. The highest BCUT2D eigenvalue weighted by Crippen LogP contribution is 2.46. The van der Waals surface area contributed by atoms with Crippen molar-refractivity contribution in [3.8, 4) is 11.5 Å². The standard InChI is InChI=1S/C21H29NO5/c1-4-19(23)21(2)13-22(20(24)25)12-16(21)14-9-10-17(26-3)18(11-14)27-15-7-5-6-8-15/h9-11,15-16H,4-8,12-13H2,1-3H3,(H,24,25). The molecule has 0 radical (unpaired) electrons. The third-order valence-electron chi connectivity index (χ3n) is 6.11. The number of nitrogens with zero attached hydrogens (tertiary/aromatic N) is 1. The average molecular weight is 375 g/mol. The Morgan fingerprint density at radius 2 is 1.96 bits per heavy atom. The van der Waals surface area contributed by atoms with Gasteiger partial charge < -0.3 is 19.5 Å². The number of Topliss-reactive ketones (excluding diaryl/α,β-unsaturated/α-hetero) is 1. The molecule has 1 aliphatic heterocycles. The smallest absolute Gasteiger partial charge is 0.407 e. The molecule has 6 heteroatoms. The van der Waals surface area contributed by atoms with E-state index in [0.717, 1.165) is 18.4 Å². The molecule has 1 aromatic carbocycles. The minimum Gasteiger partial charge on any atom is -0.493 e. The van der Waals surface area contributed by atoms with Crippen LogP contribution in [0, 0.1) is 5.41 Å². The molecule has 1 saturated carbocycles. The van der Waals surface area contributed by atoms with Crippen molar-refractivity contribution in [3.05, 3.63) is 23.8 Å². The van der Waals surface area contributed by atoms with Crippen LogP contribution in [0.3, 0.4) is 0 Å². The fraction of sp³-hybridized carbons (Fsp3) is 0.619. The van der Waals surface area contributed by atoms with E-state index in [1.807, 2.05) is 32.0 Å². The number of methoxy groups -OCH3 is 1. The number of hydrogen-bond acceptors (Lipinski definition) is 4. The lowest BCUT2D eigenvalue weighted by atomic mass is 9.72. The maximum absolute atomic E-state index is 12.7. The van der Waals surface area contributed by atoms with Gasteiger partial charge >= 0.3 is 6.09 Å². The van der Waals surface area contributed by atoms with Crippen molar-refractivity contribution < 1.29 is 24.2 Å². The van der Waals surface area contributed by atoms with Gasteiger partial charge in [-0.3, -0.25) is 4.79 Å². The van der Waals surface area contributed by atoms with E-state index >= 15 is 0 Å². The third-order valence-corrected chi connectivity index (χ3v) is 6.11. The fourth-order valence-electron chi connectivity index (χ4n) is 4.49. The second kappa shape index (κ2) is 7.79. The molecule has 1 amide bonds. The first kappa shape index (κ1) is 19.5. The summed E-state index contributed by atoms with van der Waals surface area (Å²) in [5.74, 6) is 1.24. The van der Waals surface area contributed by atoms with Gasteiger partial charge in [-0.05, 0) is 43.4 Å². The minimum absolute atomic E-state index is 0.0883. The Bertz CT molecular complexity index is 713. The molecule has 27 heavy (non-hydrogen) atoms. The zero-order chi connectivity index (χ0) is 19.6. The van der Waals surface area contributed by atoms with Crippen molar-refractivity contribution in [1.82, 2.24) is 4.90 Å². The van der Waals surface area contributed by atoms with Gasteiger partial charge in [0.25, 0.3) is 0 Å². The molecule has 1 aliphatic carbocycles. The SMILES string of the molecule is CCC(=O)C1(C)CN(C(=O)O)CC1c1ccc(OC)c(OC2CCCC2)c1. The quantitative estimate of drug-likeness (QED) is 0.811. The Kier molecular flexibility index (Phi) is 5.63. The molecule has 0 spiro atoms. The predicted octanol–water partition coefficient (Wildman–Crippen LogP) is 4.08. The van der Waals surface area contributed by atoms with Gasteiger partial charge in [-0.15, -0.1) is 0 Å². The molecule has 1 saturated heterocycles. The van der Waals surface area contributed by atoms with E-state index in [1.165, 1.54) is 17.7 Å². The lowest BCUT2D eigenvalue weighted by Crippen LogP contribution is -2.36. The third kappa shape index (κ3) is 3.75. The van der Waals surface area contributed by atoms with Crippen LogP contribution in [0.4, 0.5) is 4.79 Å². The molecular formula is C21H29NO5. The van der Waals surface area contributed by atoms with Crippen LogP contribution in [0.15, 0.2) is 18.2 Å². The highest BCUT2D eigenvalue weighted by atomic mass is 16.5. The number of carboxylic acid groups (broad SMARTS) is 1. The summed E-state index contributed by atoms with van der Waals surface area (Å²) in [5, 5.41) is 9.46. The van der Waals surface area contributed by atoms with Gasteiger partial charge in [0.1, 0.15) is 5.78 Å². The Labute approximate surface area is 160 Å². The monoisotopic (exact) mass is 375 g/mol. The predicted molar refractivity (Wildman–Crippen MR) is 102 cm³/mol. The van der Waals surface area contributed by atoms with Gasteiger partial charge in [-0.25, -0.2) is 4.79 Å². The fourth-order valence-corrected chi connectivity index (χ4v) is 4.49. The first-order valence-electron chi connectivity index (χ1n) is 9.74. The molecule has 2 atom stereocenters. The first-order chi connectivity index (χ1) is 12.9. The van der Waals surface area contributed by atoms with Crippen LogP contribution in [0.5, 0.6) is 11.5 Å². The minimum atomic E-state index is -0.983. The first-order valence-corrected chi connectivity index (χ1v) is 9.74. The number of likely N-dealkylation sites (tertiary alicyclic amines) is 1. The van der Waals surface area contributed by atoms with E-state index in [0.29, 0.717) is 24.5 Å².